The second-order valence-corrected chi connectivity index (χ2v) is 8.47. The molecule has 0 aromatic carbocycles. The number of hydrogen-bond acceptors (Lipinski definition) is 3. The molecule has 0 spiro atoms. The minimum Gasteiger partial charge on any atom is -0.458 e. The molecule has 0 aromatic heterocycles. The zero-order valence-corrected chi connectivity index (χ0v) is 13.7. The summed E-state index contributed by atoms with van der Waals surface area (Å²) < 4.78 is 6.04. The number of hydrogen-bond donors (Lipinski definition) is 0. The highest BCUT2D eigenvalue weighted by molar-refractivity contribution is 7.99. The van der Waals surface area contributed by atoms with Gasteiger partial charge in [0.15, 0.2) is 0 Å². The normalized spacial score (nSPS) is 41.9. The fourth-order valence-electron chi connectivity index (χ4n) is 4.96. The van der Waals surface area contributed by atoms with E-state index in [4.69, 9.17) is 4.74 Å². The van der Waals surface area contributed by atoms with Crippen LogP contribution in [0, 0.1) is 23.7 Å². The molecule has 0 aliphatic heterocycles. The largest absolute Gasteiger partial charge is 0.458 e. The maximum atomic E-state index is 12.2. The van der Waals surface area contributed by atoms with E-state index in [0.717, 1.165) is 17.6 Å². The lowest BCUT2D eigenvalue weighted by molar-refractivity contribution is -0.200. The van der Waals surface area contributed by atoms with Crippen molar-refractivity contribution in [2.75, 3.05) is 11.5 Å². The predicted octanol–water partition coefficient (Wildman–Crippen LogP) is 4.28. The summed E-state index contributed by atoms with van der Waals surface area (Å²) in [5.74, 6) is 4.81. The zero-order valence-electron chi connectivity index (χ0n) is 12.9. The van der Waals surface area contributed by atoms with Crippen LogP contribution in [0.25, 0.3) is 0 Å². The second kappa shape index (κ2) is 5.90. The predicted molar refractivity (Wildman–Crippen MR) is 83.8 cm³/mol. The van der Waals surface area contributed by atoms with E-state index in [9.17, 15) is 4.79 Å². The number of carbonyl (C=O) groups excluding carboxylic acids is 1. The molecule has 0 heterocycles. The first-order valence-corrected chi connectivity index (χ1v) is 9.56. The highest BCUT2D eigenvalue weighted by atomic mass is 32.2. The van der Waals surface area contributed by atoms with Crippen LogP contribution in [0.3, 0.4) is 0 Å². The molecule has 4 fully saturated rings. The molecule has 0 unspecified atom stereocenters. The Morgan fingerprint density at radius 1 is 1.15 bits per heavy atom. The average molecular weight is 296 g/mol. The first-order valence-electron chi connectivity index (χ1n) is 8.41. The topological polar surface area (TPSA) is 26.3 Å². The van der Waals surface area contributed by atoms with Crippen molar-refractivity contribution in [3.05, 3.63) is 0 Å². The Morgan fingerprint density at radius 2 is 1.75 bits per heavy atom. The van der Waals surface area contributed by atoms with Crippen molar-refractivity contribution < 1.29 is 9.53 Å². The van der Waals surface area contributed by atoms with E-state index >= 15 is 0 Å². The van der Waals surface area contributed by atoms with Gasteiger partial charge in [-0.25, -0.2) is 0 Å². The van der Waals surface area contributed by atoms with Gasteiger partial charge in [-0.2, -0.15) is 11.8 Å². The third kappa shape index (κ3) is 2.75. The molecule has 114 valence electrons. The summed E-state index contributed by atoms with van der Waals surface area (Å²) in [6.07, 6.45) is 9.07. The molecule has 4 aliphatic rings. The lowest BCUT2D eigenvalue weighted by Gasteiger charge is -2.59. The highest BCUT2D eigenvalue weighted by Crippen LogP contribution is 2.59. The number of esters is 1. The molecule has 4 bridgehead atoms. The molecule has 4 rings (SSSR count). The molecule has 0 radical (unpaired) electrons. The number of ether oxygens (including phenoxy) is 1. The van der Waals surface area contributed by atoms with Crippen molar-refractivity contribution in [2.24, 2.45) is 23.7 Å². The van der Waals surface area contributed by atoms with Gasteiger partial charge in [0.1, 0.15) is 5.60 Å². The third-order valence-corrected chi connectivity index (χ3v) is 6.97. The van der Waals surface area contributed by atoms with Crippen LogP contribution in [0.5, 0.6) is 0 Å². The van der Waals surface area contributed by atoms with Crippen molar-refractivity contribution in [1.29, 1.82) is 0 Å². The maximum Gasteiger partial charge on any atom is 0.316 e. The number of unbranched alkanes of at least 4 members (excludes halogenated alkanes) is 1. The second-order valence-electron chi connectivity index (χ2n) is 7.37. The molecular formula is C17H28O2S. The van der Waals surface area contributed by atoms with Gasteiger partial charge < -0.3 is 4.74 Å². The smallest absolute Gasteiger partial charge is 0.316 e. The van der Waals surface area contributed by atoms with E-state index in [1.54, 1.807) is 11.8 Å². The fraction of sp³-hybridized carbons (Fsp3) is 0.941. The molecule has 2 nitrogen and oxygen atoms in total. The van der Waals surface area contributed by atoms with Gasteiger partial charge in [0, 0.05) is 0 Å². The molecule has 3 heteroatoms. The Balaban J connectivity index is 1.55. The molecule has 0 aromatic rings. The first kappa shape index (κ1) is 14.7. The van der Waals surface area contributed by atoms with E-state index in [1.807, 2.05) is 0 Å². The van der Waals surface area contributed by atoms with Gasteiger partial charge in [-0.05, 0) is 74.9 Å². The van der Waals surface area contributed by atoms with Gasteiger partial charge in [0.2, 0.25) is 0 Å². The summed E-state index contributed by atoms with van der Waals surface area (Å²) in [7, 11) is 0. The van der Waals surface area contributed by atoms with Crippen LogP contribution in [0.15, 0.2) is 0 Å². The van der Waals surface area contributed by atoms with Crippen molar-refractivity contribution >= 4 is 17.7 Å². The van der Waals surface area contributed by atoms with Crippen LogP contribution < -0.4 is 0 Å². The summed E-state index contributed by atoms with van der Waals surface area (Å²) in [6, 6.07) is 0. The van der Waals surface area contributed by atoms with Crippen LogP contribution in [0.2, 0.25) is 0 Å². The van der Waals surface area contributed by atoms with Crippen molar-refractivity contribution in [3.8, 4) is 0 Å². The summed E-state index contributed by atoms with van der Waals surface area (Å²) in [5, 5.41) is 0. The molecule has 0 N–H and O–H groups in total. The Labute approximate surface area is 127 Å². The number of rotatable bonds is 6. The maximum absolute atomic E-state index is 12.2. The minimum atomic E-state index is -0.143. The van der Waals surface area contributed by atoms with Crippen LogP contribution in [0.4, 0.5) is 0 Å². The van der Waals surface area contributed by atoms with Crippen LogP contribution >= 0.6 is 11.8 Å². The highest BCUT2D eigenvalue weighted by Gasteiger charge is 2.56. The van der Waals surface area contributed by atoms with Crippen molar-refractivity contribution in [1.82, 2.24) is 0 Å². The molecule has 0 atom stereocenters. The molecule has 0 saturated heterocycles. The minimum absolute atomic E-state index is 0.0288. The van der Waals surface area contributed by atoms with Gasteiger partial charge in [-0.15, -0.1) is 0 Å². The van der Waals surface area contributed by atoms with E-state index in [-0.39, 0.29) is 11.6 Å². The first-order chi connectivity index (χ1) is 9.61. The van der Waals surface area contributed by atoms with Crippen LogP contribution in [-0.4, -0.2) is 23.1 Å². The average Bonchev–Trinajstić information content (AvgIpc) is 2.40. The monoisotopic (exact) mass is 296 g/mol. The quantitative estimate of drug-likeness (QED) is 0.540. The van der Waals surface area contributed by atoms with Gasteiger partial charge in [0.05, 0.1) is 5.75 Å². The summed E-state index contributed by atoms with van der Waals surface area (Å²) >= 11 is 1.74. The van der Waals surface area contributed by atoms with Crippen molar-refractivity contribution in [2.45, 2.75) is 64.4 Å². The number of thioether (sulfide) groups is 1. The van der Waals surface area contributed by atoms with E-state index in [0.29, 0.717) is 17.6 Å². The van der Waals surface area contributed by atoms with Crippen LogP contribution in [0.1, 0.15) is 58.8 Å². The summed E-state index contributed by atoms with van der Waals surface area (Å²) in [6.45, 7) is 4.42. The van der Waals surface area contributed by atoms with Gasteiger partial charge in [-0.1, -0.05) is 13.3 Å². The van der Waals surface area contributed by atoms with Crippen LogP contribution in [-0.2, 0) is 9.53 Å². The van der Waals surface area contributed by atoms with E-state index < -0.39 is 0 Å². The summed E-state index contributed by atoms with van der Waals surface area (Å²) in [5.41, 5.74) is -0.143. The Bertz CT molecular complexity index is 338. The fourth-order valence-corrected chi connectivity index (χ4v) is 5.83. The lowest BCUT2D eigenvalue weighted by atomic mass is 9.50. The van der Waals surface area contributed by atoms with E-state index in [1.165, 1.54) is 44.9 Å². The zero-order chi connectivity index (χ0) is 14.2. The third-order valence-electron chi connectivity index (χ3n) is 5.96. The summed E-state index contributed by atoms with van der Waals surface area (Å²) in [4.78, 5) is 12.2. The molecule has 4 aliphatic carbocycles. The lowest BCUT2D eigenvalue weighted by Crippen LogP contribution is -2.58. The Morgan fingerprint density at radius 3 is 2.30 bits per heavy atom. The van der Waals surface area contributed by atoms with Gasteiger partial charge in [-0.3, -0.25) is 4.79 Å². The molecule has 20 heavy (non-hydrogen) atoms. The molecule has 0 amide bonds. The van der Waals surface area contributed by atoms with Gasteiger partial charge in [0.25, 0.3) is 0 Å². The number of carbonyl (C=O) groups is 1. The molecule has 4 saturated carbocycles. The molecular weight excluding hydrogens is 268 g/mol. The SMILES string of the molecule is CCCCSCC(=O)OC1(C)C2CC3CC(C2)CC1C3. The van der Waals surface area contributed by atoms with E-state index in [2.05, 4.69) is 13.8 Å². The standard InChI is InChI=1S/C17H28O2S/c1-3-4-5-20-11-16(18)19-17(2)14-7-12-6-13(9-14)10-15(17)8-12/h12-15H,3-11H2,1-2H3. The Kier molecular flexibility index (Phi) is 4.35. The van der Waals surface area contributed by atoms with Crippen molar-refractivity contribution in [3.63, 3.8) is 0 Å². The Hall–Kier alpha value is -0.180. The van der Waals surface area contributed by atoms with Gasteiger partial charge >= 0.3 is 5.97 Å².